The summed E-state index contributed by atoms with van der Waals surface area (Å²) < 4.78 is 4.72. The van der Waals surface area contributed by atoms with Gasteiger partial charge in [-0.2, -0.15) is 0 Å². The number of carbonyl (C=O) groups is 2. The van der Waals surface area contributed by atoms with Crippen molar-refractivity contribution in [1.29, 1.82) is 0 Å². The maximum absolute atomic E-state index is 11.7. The third-order valence-corrected chi connectivity index (χ3v) is 2.45. The van der Waals surface area contributed by atoms with E-state index in [0.717, 1.165) is 12.8 Å². The smallest absolute Gasteiger partial charge is 0.334 e. The van der Waals surface area contributed by atoms with Crippen LogP contribution in [0.4, 0.5) is 4.79 Å². The van der Waals surface area contributed by atoms with Crippen molar-refractivity contribution in [3.8, 4) is 0 Å². The first-order chi connectivity index (χ1) is 8.06. The largest absolute Gasteiger partial charge is 0.479 e. The normalized spacial score (nSPS) is 11.9. The molecule has 0 spiro atoms. The molecule has 0 heterocycles. The van der Waals surface area contributed by atoms with E-state index in [-0.39, 0.29) is 12.6 Å². The molecule has 0 aliphatic heterocycles. The van der Waals surface area contributed by atoms with E-state index in [1.165, 1.54) is 7.11 Å². The number of carbonyl (C=O) groups excluding carboxylic acids is 1. The SMILES string of the molecule is CCCCN(CC)C(=O)NCC(OC)C(=O)O. The minimum Gasteiger partial charge on any atom is -0.479 e. The van der Waals surface area contributed by atoms with Gasteiger partial charge in [-0.05, 0) is 13.3 Å². The second-order valence-corrected chi connectivity index (χ2v) is 3.68. The average Bonchev–Trinajstić information content (AvgIpc) is 2.30. The lowest BCUT2D eigenvalue weighted by molar-refractivity contribution is -0.148. The van der Waals surface area contributed by atoms with E-state index in [0.29, 0.717) is 13.1 Å². The predicted molar refractivity (Wildman–Crippen MR) is 64.0 cm³/mol. The van der Waals surface area contributed by atoms with Crippen molar-refractivity contribution in [1.82, 2.24) is 10.2 Å². The number of aliphatic carboxylic acids is 1. The third kappa shape index (κ3) is 6.11. The molecule has 6 heteroatoms. The molecule has 1 atom stereocenters. The highest BCUT2D eigenvalue weighted by atomic mass is 16.5. The molecular formula is C11H22N2O4. The Bertz CT molecular complexity index is 246. The summed E-state index contributed by atoms with van der Waals surface area (Å²) in [4.78, 5) is 24.0. The van der Waals surface area contributed by atoms with Gasteiger partial charge in [0.2, 0.25) is 0 Å². The van der Waals surface area contributed by atoms with Crippen LogP contribution in [0, 0.1) is 0 Å². The van der Waals surface area contributed by atoms with Gasteiger partial charge in [0.05, 0.1) is 6.54 Å². The lowest BCUT2D eigenvalue weighted by atomic mass is 10.3. The highest BCUT2D eigenvalue weighted by Crippen LogP contribution is 1.96. The van der Waals surface area contributed by atoms with E-state index in [4.69, 9.17) is 9.84 Å². The van der Waals surface area contributed by atoms with E-state index in [1.54, 1.807) is 4.90 Å². The first kappa shape index (κ1) is 15.7. The first-order valence-corrected chi connectivity index (χ1v) is 5.85. The molecule has 2 N–H and O–H groups in total. The molecule has 0 saturated heterocycles. The van der Waals surface area contributed by atoms with Gasteiger partial charge in [-0.1, -0.05) is 13.3 Å². The zero-order valence-electron chi connectivity index (χ0n) is 10.7. The van der Waals surface area contributed by atoms with Crippen LogP contribution in [0.15, 0.2) is 0 Å². The molecule has 2 amide bonds. The molecule has 0 fully saturated rings. The molecule has 17 heavy (non-hydrogen) atoms. The summed E-state index contributed by atoms with van der Waals surface area (Å²) in [6.07, 6.45) is 0.955. The summed E-state index contributed by atoms with van der Waals surface area (Å²) in [5.41, 5.74) is 0. The summed E-state index contributed by atoms with van der Waals surface area (Å²) in [5, 5.41) is 11.3. The topological polar surface area (TPSA) is 78.9 Å². The monoisotopic (exact) mass is 246 g/mol. The number of hydrogen-bond acceptors (Lipinski definition) is 3. The van der Waals surface area contributed by atoms with Crippen molar-refractivity contribution in [3.63, 3.8) is 0 Å². The van der Waals surface area contributed by atoms with Crippen molar-refractivity contribution in [2.24, 2.45) is 0 Å². The molecule has 0 rings (SSSR count). The first-order valence-electron chi connectivity index (χ1n) is 5.85. The number of hydrogen-bond donors (Lipinski definition) is 2. The molecule has 6 nitrogen and oxygen atoms in total. The van der Waals surface area contributed by atoms with Gasteiger partial charge in [-0.25, -0.2) is 9.59 Å². The minimum atomic E-state index is -1.08. The molecule has 0 aromatic heterocycles. The van der Waals surface area contributed by atoms with Gasteiger partial charge in [0.1, 0.15) is 0 Å². The summed E-state index contributed by atoms with van der Waals surface area (Å²) in [7, 11) is 1.31. The fourth-order valence-electron chi connectivity index (χ4n) is 1.32. The molecule has 0 aromatic carbocycles. The molecule has 0 saturated carbocycles. The number of carboxylic acid groups (broad SMARTS) is 1. The Morgan fingerprint density at radius 3 is 2.47 bits per heavy atom. The molecule has 0 aliphatic carbocycles. The van der Waals surface area contributed by atoms with Crippen LogP contribution in [0.2, 0.25) is 0 Å². The molecule has 0 aromatic rings. The fourth-order valence-corrected chi connectivity index (χ4v) is 1.32. The molecule has 0 aliphatic rings. The number of amides is 2. The Kier molecular flexibility index (Phi) is 8.13. The number of unbranched alkanes of at least 4 members (excludes halogenated alkanes) is 1. The Labute approximate surface area is 102 Å². The molecule has 100 valence electrons. The fraction of sp³-hybridized carbons (Fsp3) is 0.818. The second-order valence-electron chi connectivity index (χ2n) is 3.68. The van der Waals surface area contributed by atoms with Crippen molar-refractivity contribution < 1.29 is 19.4 Å². The Hall–Kier alpha value is -1.30. The number of urea groups is 1. The lowest BCUT2D eigenvalue weighted by Gasteiger charge is -2.22. The summed E-state index contributed by atoms with van der Waals surface area (Å²) in [5.74, 6) is -1.08. The van der Waals surface area contributed by atoms with Crippen LogP contribution < -0.4 is 5.32 Å². The van der Waals surface area contributed by atoms with Crippen molar-refractivity contribution in [2.45, 2.75) is 32.8 Å². The van der Waals surface area contributed by atoms with Crippen LogP contribution in [-0.4, -0.2) is 54.9 Å². The van der Waals surface area contributed by atoms with Crippen LogP contribution in [-0.2, 0) is 9.53 Å². The van der Waals surface area contributed by atoms with Crippen LogP contribution in [0.3, 0.4) is 0 Å². The molecule has 0 radical (unpaired) electrons. The Balaban J connectivity index is 4.08. The number of ether oxygens (including phenoxy) is 1. The van der Waals surface area contributed by atoms with Crippen molar-refractivity contribution in [3.05, 3.63) is 0 Å². The van der Waals surface area contributed by atoms with Gasteiger partial charge < -0.3 is 20.1 Å². The van der Waals surface area contributed by atoms with Crippen molar-refractivity contribution >= 4 is 12.0 Å². The zero-order chi connectivity index (χ0) is 13.3. The van der Waals surface area contributed by atoms with Gasteiger partial charge >= 0.3 is 12.0 Å². The summed E-state index contributed by atoms with van der Waals surface area (Å²) in [6, 6.07) is -0.246. The second kappa shape index (κ2) is 8.81. The quantitative estimate of drug-likeness (QED) is 0.667. The number of rotatable bonds is 8. The van der Waals surface area contributed by atoms with E-state index in [1.807, 2.05) is 6.92 Å². The summed E-state index contributed by atoms with van der Waals surface area (Å²) >= 11 is 0. The predicted octanol–water partition coefficient (Wildman–Crippen LogP) is 0.918. The number of methoxy groups -OCH3 is 1. The minimum absolute atomic E-state index is 0.0205. The number of carboxylic acids is 1. The zero-order valence-corrected chi connectivity index (χ0v) is 10.7. The van der Waals surface area contributed by atoms with Gasteiger partial charge in [0.15, 0.2) is 6.10 Å². The Morgan fingerprint density at radius 2 is 2.06 bits per heavy atom. The van der Waals surface area contributed by atoms with Gasteiger partial charge in [0, 0.05) is 20.2 Å². The standard InChI is InChI=1S/C11H22N2O4/c1-4-6-7-13(5-2)11(16)12-8-9(17-3)10(14)15/h9H,4-8H2,1-3H3,(H,12,16)(H,14,15). The van der Waals surface area contributed by atoms with E-state index in [2.05, 4.69) is 12.2 Å². The van der Waals surface area contributed by atoms with E-state index >= 15 is 0 Å². The van der Waals surface area contributed by atoms with Crippen molar-refractivity contribution in [2.75, 3.05) is 26.7 Å². The van der Waals surface area contributed by atoms with Gasteiger partial charge in [-0.3, -0.25) is 0 Å². The Morgan fingerprint density at radius 1 is 1.41 bits per heavy atom. The molecule has 0 bridgehead atoms. The maximum Gasteiger partial charge on any atom is 0.334 e. The highest BCUT2D eigenvalue weighted by molar-refractivity contribution is 5.76. The van der Waals surface area contributed by atoms with Crippen LogP contribution in [0.25, 0.3) is 0 Å². The molecule has 1 unspecified atom stereocenters. The summed E-state index contributed by atoms with van der Waals surface area (Å²) in [6.45, 7) is 5.21. The maximum atomic E-state index is 11.7. The van der Waals surface area contributed by atoms with Gasteiger partial charge in [-0.15, -0.1) is 0 Å². The van der Waals surface area contributed by atoms with Gasteiger partial charge in [0.25, 0.3) is 0 Å². The lowest BCUT2D eigenvalue weighted by Crippen LogP contribution is -2.45. The third-order valence-electron chi connectivity index (χ3n) is 2.45. The highest BCUT2D eigenvalue weighted by Gasteiger charge is 2.18. The van der Waals surface area contributed by atoms with Crippen LogP contribution in [0.1, 0.15) is 26.7 Å². The number of nitrogens with zero attached hydrogens (tertiary/aromatic N) is 1. The van der Waals surface area contributed by atoms with E-state index < -0.39 is 12.1 Å². The van der Waals surface area contributed by atoms with E-state index in [9.17, 15) is 9.59 Å². The molecular weight excluding hydrogens is 224 g/mol. The van der Waals surface area contributed by atoms with Crippen LogP contribution in [0.5, 0.6) is 0 Å². The van der Waals surface area contributed by atoms with Crippen LogP contribution >= 0.6 is 0 Å². The average molecular weight is 246 g/mol. The number of nitrogens with one attached hydrogen (secondary N) is 1.